The number of nitrogens with two attached hydrogens (primary N) is 1. The average molecular weight is 265 g/mol. The van der Waals surface area contributed by atoms with Gasteiger partial charge in [0.25, 0.3) is 0 Å². The maximum absolute atomic E-state index is 12.6. The largest absolute Gasteiger partial charge is 0.342 e. The Labute approximate surface area is 116 Å². The second kappa shape index (κ2) is 5.41. The summed E-state index contributed by atoms with van der Waals surface area (Å²) in [5, 5.41) is 0. The highest BCUT2D eigenvalue weighted by molar-refractivity contribution is 5.80. The van der Waals surface area contributed by atoms with Gasteiger partial charge in [0, 0.05) is 25.2 Å². The molecule has 0 aromatic carbocycles. The molecule has 2 saturated heterocycles. The van der Waals surface area contributed by atoms with Crippen LogP contribution in [0.4, 0.5) is 0 Å². The summed E-state index contributed by atoms with van der Waals surface area (Å²) in [4.78, 5) is 17.2. The molecule has 108 valence electrons. The van der Waals surface area contributed by atoms with Crippen LogP contribution in [0.5, 0.6) is 0 Å². The Balaban J connectivity index is 1.62. The standard InChI is InChI=1S/C15H27N3O/c1-17-8-3-4-11-10-18(9-7-14(11)17)15(19)12-5-2-6-13(12)16/h11-14H,2-10,16H2,1H3. The van der Waals surface area contributed by atoms with Gasteiger partial charge in [-0.2, -0.15) is 0 Å². The van der Waals surface area contributed by atoms with E-state index in [4.69, 9.17) is 5.73 Å². The van der Waals surface area contributed by atoms with Crippen LogP contribution in [0.25, 0.3) is 0 Å². The van der Waals surface area contributed by atoms with E-state index in [2.05, 4.69) is 16.8 Å². The van der Waals surface area contributed by atoms with Crippen LogP contribution < -0.4 is 5.73 Å². The van der Waals surface area contributed by atoms with E-state index in [-0.39, 0.29) is 12.0 Å². The van der Waals surface area contributed by atoms with Crippen molar-refractivity contribution in [2.45, 2.75) is 50.6 Å². The van der Waals surface area contributed by atoms with Crippen molar-refractivity contribution in [3.05, 3.63) is 0 Å². The summed E-state index contributed by atoms with van der Waals surface area (Å²) in [5.74, 6) is 1.14. The third-order valence-corrected chi connectivity index (χ3v) is 5.54. The minimum Gasteiger partial charge on any atom is -0.342 e. The van der Waals surface area contributed by atoms with E-state index in [0.29, 0.717) is 17.9 Å². The van der Waals surface area contributed by atoms with Crippen LogP contribution in [0.2, 0.25) is 0 Å². The van der Waals surface area contributed by atoms with Gasteiger partial charge in [0.2, 0.25) is 5.91 Å². The summed E-state index contributed by atoms with van der Waals surface area (Å²) in [5.41, 5.74) is 6.08. The summed E-state index contributed by atoms with van der Waals surface area (Å²) < 4.78 is 0. The van der Waals surface area contributed by atoms with Crippen LogP contribution in [0.1, 0.15) is 38.5 Å². The van der Waals surface area contributed by atoms with Crippen LogP contribution in [0.3, 0.4) is 0 Å². The number of piperidine rings is 2. The predicted molar refractivity (Wildman–Crippen MR) is 75.7 cm³/mol. The fourth-order valence-electron chi connectivity index (χ4n) is 4.38. The van der Waals surface area contributed by atoms with Gasteiger partial charge in [0.05, 0.1) is 5.92 Å². The Kier molecular flexibility index (Phi) is 3.81. The number of likely N-dealkylation sites (tertiary alicyclic amines) is 2. The third-order valence-electron chi connectivity index (χ3n) is 5.54. The summed E-state index contributed by atoms with van der Waals surface area (Å²) in [7, 11) is 2.24. The molecule has 3 aliphatic rings. The Morgan fingerprint density at radius 3 is 2.68 bits per heavy atom. The van der Waals surface area contributed by atoms with Gasteiger partial charge in [0.1, 0.15) is 0 Å². The molecule has 4 unspecified atom stereocenters. The summed E-state index contributed by atoms with van der Waals surface area (Å²) in [6.45, 7) is 3.13. The number of amides is 1. The Morgan fingerprint density at radius 2 is 1.95 bits per heavy atom. The van der Waals surface area contributed by atoms with Crippen molar-refractivity contribution >= 4 is 5.91 Å². The van der Waals surface area contributed by atoms with Crippen molar-refractivity contribution in [2.24, 2.45) is 17.6 Å². The lowest BCUT2D eigenvalue weighted by molar-refractivity contribution is -0.139. The molecule has 2 N–H and O–H groups in total. The number of hydrogen-bond donors (Lipinski definition) is 1. The molecule has 4 atom stereocenters. The minimum atomic E-state index is 0.109. The first-order chi connectivity index (χ1) is 9.16. The second-order valence-electron chi connectivity index (χ2n) is 6.72. The molecule has 0 aromatic rings. The van der Waals surface area contributed by atoms with Gasteiger partial charge in [-0.3, -0.25) is 4.79 Å². The summed E-state index contributed by atoms with van der Waals surface area (Å²) >= 11 is 0. The van der Waals surface area contributed by atoms with Crippen molar-refractivity contribution in [3.8, 4) is 0 Å². The molecular formula is C15H27N3O. The van der Waals surface area contributed by atoms with Gasteiger partial charge in [-0.15, -0.1) is 0 Å². The molecule has 1 aliphatic carbocycles. The zero-order valence-electron chi connectivity index (χ0n) is 12.1. The van der Waals surface area contributed by atoms with Crippen LogP contribution in [-0.4, -0.2) is 54.5 Å². The van der Waals surface area contributed by atoms with Gasteiger partial charge >= 0.3 is 0 Å². The first-order valence-corrected chi connectivity index (χ1v) is 7.91. The zero-order valence-corrected chi connectivity index (χ0v) is 12.1. The molecular weight excluding hydrogens is 238 g/mol. The number of rotatable bonds is 1. The first-order valence-electron chi connectivity index (χ1n) is 7.91. The lowest BCUT2D eigenvalue weighted by Gasteiger charge is -2.46. The van der Waals surface area contributed by atoms with E-state index < -0.39 is 0 Å². The van der Waals surface area contributed by atoms with E-state index >= 15 is 0 Å². The van der Waals surface area contributed by atoms with Crippen LogP contribution in [-0.2, 0) is 4.79 Å². The quantitative estimate of drug-likeness (QED) is 0.771. The van der Waals surface area contributed by atoms with E-state index in [1.54, 1.807) is 0 Å². The van der Waals surface area contributed by atoms with Gasteiger partial charge in [0.15, 0.2) is 0 Å². The lowest BCUT2D eigenvalue weighted by atomic mass is 9.83. The number of hydrogen-bond acceptors (Lipinski definition) is 3. The highest BCUT2D eigenvalue weighted by Crippen LogP contribution is 2.32. The molecule has 3 fully saturated rings. The van der Waals surface area contributed by atoms with Crippen LogP contribution in [0.15, 0.2) is 0 Å². The molecule has 2 aliphatic heterocycles. The predicted octanol–water partition coefficient (Wildman–Crippen LogP) is 1.06. The van der Waals surface area contributed by atoms with Gasteiger partial charge < -0.3 is 15.5 Å². The molecule has 1 amide bonds. The summed E-state index contributed by atoms with van der Waals surface area (Å²) in [6.07, 6.45) is 6.87. The van der Waals surface area contributed by atoms with Gasteiger partial charge in [-0.05, 0) is 51.6 Å². The van der Waals surface area contributed by atoms with Crippen LogP contribution in [0, 0.1) is 11.8 Å². The fourth-order valence-corrected chi connectivity index (χ4v) is 4.38. The number of nitrogens with zero attached hydrogens (tertiary/aromatic N) is 2. The molecule has 19 heavy (non-hydrogen) atoms. The van der Waals surface area contributed by atoms with E-state index in [1.807, 2.05) is 0 Å². The van der Waals surface area contributed by atoms with Crippen molar-refractivity contribution < 1.29 is 4.79 Å². The maximum Gasteiger partial charge on any atom is 0.227 e. The van der Waals surface area contributed by atoms with Crippen LogP contribution >= 0.6 is 0 Å². The fraction of sp³-hybridized carbons (Fsp3) is 0.933. The molecule has 0 spiro atoms. The topological polar surface area (TPSA) is 49.6 Å². The SMILES string of the molecule is CN1CCCC2CN(C(=O)C3CCCC3N)CCC21. The third kappa shape index (κ3) is 2.52. The molecule has 3 rings (SSSR count). The van der Waals surface area contributed by atoms with Gasteiger partial charge in [-0.25, -0.2) is 0 Å². The normalized spacial score (nSPS) is 40.2. The van der Waals surface area contributed by atoms with Crippen molar-refractivity contribution in [3.63, 3.8) is 0 Å². The Morgan fingerprint density at radius 1 is 1.11 bits per heavy atom. The highest BCUT2D eigenvalue weighted by Gasteiger charge is 2.39. The molecule has 0 bridgehead atoms. The monoisotopic (exact) mass is 265 g/mol. The molecule has 2 heterocycles. The second-order valence-corrected chi connectivity index (χ2v) is 6.72. The van der Waals surface area contributed by atoms with Crippen molar-refractivity contribution in [1.29, 1.82) is 0 Å². The smallest absolute Gasteiger partial charge is 0.227 e. The molecule has 4 nitrogen and oxygen atoms in total. The molecule has 0 aromatic heterocycles. The summed E-state index contributed by atoms with van der Waals surface area (Å²) in [6, 6.07) is 0.814. The number of carbonyl (C=O) groups is 1. The average Bonchev–Trinajstić information content (AvgIpc) is 2.84. The maximum atomic E-state index is 12.6. The Hall–Kier alpha value is -0.610. The minimum absolute atomic E-state index is 0.109. The molecule has 0 radical (unpaired) electrons. The number of fused-ring (bicyclic) bond motifs is 1. The van der Waals surface area contributed by atoms with E-state index in [0.717, 1.165) is 38.8 Å². The van der Waals surface area contributed by atoms with Crippen molar-refractivity contribution in [1.82, 2.24) is 9.80 Å². The van der Waals surface area contributed by atoms with Crippen molar-refractivity contribution in [2.75, 3.05) is 26.7 Å². The lowest BCUT2D eigenvalue weighted by Crippen LogP contribution is -2.55. The Bertz CT molecular complexity index is 346. The first kappa shape index (κ1) is 13.4. The van der Waals surface area contributed by atoms with E-state index in [1.165, 1.54) is 19.4 Å². The molecule has 1 saturated carbocycles. The molecule has 4 heteroatoms. The zero-order chi connectivity index (χ0) is 13.4. The van der Waals surface area contributed by atoms with Gasteiger partial charge in [-0.1, -0.05) is 6.42 Å². The van der Waals surface area contributed by atoms with E-state index in [9.17, 15) is 4.79 Å². The highest BCUT2D eigenvalue weighted by atomic mass is 16.2. The number of carbonyl (C=O) groups excluding carboxylic acids is 1.